The van der Waals surface area contributed by atoms with E-state index in [0.717, 1.165) is 0 Å². The Hall–Kier alpha value is -1.93. The lowest BCUT2D eigenvalue weighted by Gasteiger charge is -2.42. The fourth-order valence-electron chi connectivity index (χ4n) is 4.66. The molecule has 3 fully saturated rings. The molecule has 1 spiro atoms. The average Bonchev–Trinajstić information content (AvgIpc) is 3.17. The summed E-state index contributed by atoms with van der Waals surface area (Å²) < 4.78 is 25.2. The highest BCUT2D eigenvalue weighted by Gasteiger charge is 2.58. The third-order valence-corrected chi connectivity index (χ3v) is 7.37. The van der Waals surface area contributed by atoms with Crippen molar-refractivity contribution >= 4 is 21.8 Å². The van der Waals surface area contributed by atoms with Crippen LogP contribution in [0.2, 0.25) is 0 Å². The zero-order valence-corrected chi connectivity index (χ0v) is 15.5. The molecule has 7 nitrogen and oxygen atoms in total. The molecule has 1 aromatic rings. The number of likely N-dealkylation sites (tertiary alicyclic amines) is 1. The molecule has 0 unspecified atom stereocenters. The fourth-order valence-corrected chi connectivity index (χ4v) is 5.53. The highest BCUT2D eigenvalue weighted by atomic mass is 32.2. The molecule has 4 rings (SSSR count). The van der Waals surface area contributed by atoms with Crippen molar-refractivity contribution in [3.05, 3.63) is 35.9 Å². The molecule has 0 aliphatic carbocycles. The predicted molar refractivity (Wildman–Crippen MR) is 95.9 cm³/mol. The van der Waals surface area contributed by atoms with Gasteiger partial charge in [-0.05, 0) is 25.0 Å². The number of amides is 2. The van der Waals surface area contributed by atoms with Crippen molar-refractivity contribution < 1.29 is 18.0 Å². The van der Waals surface area contributed by atoms with Crippen LogP contribution in [0.4, 0.5) is 0 Å². The van der Waals surface area contributed by atoms with Gasteiger partial charge in [-0.3, -0.25) is 9.59 Å². The van der Waals surface area contributed by atoms with Crippen LogP contribution < -0.4 is 5.32 Å². The van der Waals surface area contributed by atoms with E-state index in [-0.39, 0.29) is 30.2 Å². The van der Waals surface area contributed by atoms with E-state index in [4.69, 9.17) is 0 Å². The van der Waals surface area contributed by atoms with Crippen LogP contribution in [-0.4, -0.2) is 67.4 Å². The number of rotatable bonds is 2. The molecule has 2 atom stereocenters. The highest BCUT2D eigenvalue weighted by molar-refractivity contribution is 7.88. The van der Waals surface area contributed by atoms with E-state index in [1.54, 1.807) is 12.1 Å². The van der Waals surface area contributed by atoms with E-state index >= 15 is 0 Å². The van der Waals surface area contributed by atoms with Gasteiger partial charge in [-0.15, -0.1) is 0 Å². The Bertz CT molecular complexity index is 831. The normalized spacial score (nSPS) is 28.2. The Kier molecular flexibility index (Phi) is 4.07. The summed E-state index contributed by atoms with van der Waals surface area (Å²) in [5, 5.41) is 3.14. The average molecular weight is 377 g/mol. The van der Waals surface area contributed by atoms with Crippen LogP contribution in [0.3, 0.4) is 0 Å². The number of carbonyl (C=O) groups excluding carboxylic acids is 2. The topological polar surface area (TPSA) is 86.8 Å². The number of nitrogens with one attached hydrogen (secondary N) is 1. The Morgan fingerprint density at radius 2 is 1.81 bits per heavy atom. The summed E-state index contributed by atoms with van der Waals surface area (Å²) >= 11 is 0. The summed E-state index contributed by atoms with van der Waals surface area (Å²) in [6.45, 7) is 1.78. The number of sulfonamides is 1. The molecule has 8 heteroatoms. The van der Waals surface area contributed by atoms with Crippen molar-refractivity contribution in [1.82, 2.24) is 14.5 Å². The number of piperidine rings is 1. The van der Waals surface area contributed by atoms with Gasteiger partial charge < -0.3 is 10.2 Å². The molecule has 0 saturated carbocycles. The van der Waals surface area contributed by atoms with Crippen LogP contribution in [0.1, 0.15) is 23.2 Å². The van der Waals surface area contributed by atoms with E-state index < -0.39 is 15.6 Å². The smallest absolute Gasteiger partial charge is 0.253 e. The number of fused-ring (bicyclic) bond motifs is 2. The lowest BCUT2D eigenvalue weighted by molar-refractivity contribution is -0.123. The molecule has 3 saturated heterocycles. The van der Waals surface area contributed by atoms with E-state index in [1.807, 2.05) is 23.1 Å². The van der Waals surface area contributed by atoms with Gasteiger partial charge in [0, 0.05) is 43.2 Å². The molecule has 0 bridgehead atoms. The van der Waals surface area contributed by atoms with E-state index in [2.05, 4.69) is 5.32 Å². The fraction of sp³-hybridized carbons (Fsp3) is 0.556. The molecule has 2 amide bonds. The molecule has 3 aliphatic heterocycles. The Morgan fingerprint density at radius 1 is 1.15 bits per heavy atom. The second-order valence-electron chi connectivity index (χ2n) is 7.60. The van der Waals surface area contributed by atoms with Crippen molar-refractivity contribution in [2.75, 3.05) is 32.4 Å². The van der Waals surface area contributed by atoms with Crippen LogP contribution in [-0.2, 0) is 14.8 Å². The zero-order chi connectivity index (χ0) is 18.5. The molecule has 140 valence electrons. The Morgan fingerprint density at radius 3 is 2.42 bits per heavy atom. The van der Waals surface area contributed by atoms with Crippen molar-refractivity contribution in [2.24, 2.45) is 11.8 Å². The molecule has 1 N–H and O–H groups in total. The molecule has 26 heavy (non-hydrogen) atoms. The first-order valence-electron chi connectivity index (χ1n) is 8.92. The first-order chi connectivity index (χ1) is 12.3. The van der Waals surface area contributed by atoms with Crippen molar-refractivity contribution in [3.63, 3.8) is 0 Å². The Labute approximate surface area is 153 Å². The minimum atomic E-state index is -3.29. The van der Waals surface area contributed by atoms with Crippen LogP contribution >= 0.6 is 0 Å². The molecular weight excluding hydrogens is 354 g/mol. The largest absolute Gasteiger partial charge is 0.350 e. The second kappa shape index (κ2) is 6.06. The maximum absolute atomic E-state index is 12.6. The highest BCUT2D eigenvalue weighted by Crippen LogP contribution is 2.44. The minimum Gasteiger partial charge on any atom is -0.350 e. The second-order valence-corrected chi connectivity index (χ2v) is 9.58. The first kappa shape index (κ1) is 17.5. The monoisotopic (exact) mass is 377 g/mol. The van der Waals surface area contributed by atoms with Gasteiger partial charge in [0.25, 0.3) is 5.91 Å². The minimum absolute atomic E-state index is 0.00510. The summed E-state index contributed by atoms with van der Waals surface area (Å²) in [6, 6.07) is 9.18. The summed E-state index contributed by atoms with van der Waals surface area (Å²) in [5.41, 5.74) is 0.273. The third-order valence-electron chi connectivity index (χ3n) is 6.14. The van der Waals surface area contributed by atoms with Gasteiger partial charge in [-0.25, -0.2) is 12.7 Å². The van der Waals surface area contributed by atoms with Crippen molar-refractivity contribution in [3.8, 4) is 0 Å². The van der Waals surface area contributed by atoms with Gasteiger partial charge in [0.2, 0.25) is 15.9 Å². The standard InChI is InChI=1S/C18H23N3O4S/c1-26(24,25)21-11-14-15(12-21)18(19-16(14)22)7-9-20(10-8-18)17(23)13-5-3-2-4-6-13/h2-6,14-15H,7-12H2,1H3,(H,19,22)/t14-,15+/m1/s1. The molecule has 1 aromatic carbocycles. The molecule has 3 heterocycles. The molecule has 0 aromatic heterocycles. The quantitative estimate of drug-likeness (QED) is 0.803. The number of hydrogen-bond acceptors (Lipinski definition) is 4. The van der Waals surface area contributed by atoms with Gasteiger partial charge >= 0.3 is 0 Å². The maximum Gasteiger partial charge on any atom is 0.253 e. The third kappa shape index (κ3) is 2.81. The summed E-state index contributed by atoms with van der Waals surface area (Å²) in [4.78, 5) is 26.9. The lowest BCUT2D eigenvalue weighted by atomic mass is 9.75. The maximum atomic E-state index is 12.6. The van der Waals surface area contributed by atoms with E-state index in [9.17, 15) is 18.0 Å². The number of benzene rings is 1. The lowest BCUT2D eigenvalue weighted by Crippen LogP contribution is -2.56. The van der Waals surface area contributed by atoms with Crippen LogP contribution in [0, 0.1) is 11.8 Å². The molecule has 3 aliphatic rings. The van der Waals surface area contributed by atoms with E-state index in [0.29, 0.717) is 38.0 Å². The van der Waals surface area contributed by atoms with Gasteiger partial charge in [0.15, 0.2) is 0 Å². The van der Waals surface area contributed by atoms with Crippen LogP contribution in [0.5, 0.6) is 0 Å². The Balaban J connectivity index is 1.48. The van der Waals surface area contributed by atoms with Crippen LogP contribution in [0.25, 0.3) is 0 Å². The SMILES string of the molecule is CS(=O)(=O)N1C[C@H]2C(=O)NC3(CCN(C(=O)c4ccccc4)CC3)[C@H]2C1. The number of carbonyl (C=O) groups is 2. The van der Waals surface area contributed by atoms with Gasteiger partial charge in [0.1, 0.15) is 0 Å². The van der Waals surface area contributed by atoms with Crippen molar-refractivity contribution in [2.45, 2.75) is 18.4 Å². The van der Waals surface area contributed by atoms with Gasteiger partial charge in [-0.2, -0.15) is 0 Å². The summed E-state index contributed by atoms with van der Waals surface area (Å²) in [5.74, 6) is -0.339. The van der Waals surface area contributed by atoms with Crippen molar-refractivity contribution in [1.29, 1.82) is 0 Å². The zero-order valence-electron chi connectivity index (χ0n) is 14.7. The molecular formula is C18H23N3O4S. The predicted octanol–water partition coefficient (Wildman–Crippen LogP) is 0.299. The summed E-state index contributed by atoms with van der Waals surface area (Å²) in [7, 11) is -3.29. The molecule has 0 radical (unpaired) electrons. The summed E-state index contributed by atoms with van der Waals surface area (Å²) in [6.07, 6.45) is 2.52. The first-order valence-corrected chi connectivity index (χ1v) is 10.8. The number of nitrogens with zero attached hydrogens (tertiary/aromatic N) is 2. The van der Waals surface area contributed by atoms with Crippen LogP contribution in [0.15, 0.2) is 30.3 Å². The van der Waals surface area contributed by atoms with Gasteiger partial charge in [-0.1, -0.05) is 18.2 Å². The van der Waals surface area contributed by atoms with Gasteiger partial charge in [0.05, 0.1) is 12.2 Å². The number of hydrogen-bond donors (Lipinski definition) is 1. The van der Waals surface area contributed by atoms with E-state index in [1.165, 1.54) is 10.6 Å².